The largest absolute Gasteiger partial charge is 0.389 e. The third-order valence-electron chi connectivity index (χ3n) is 2.73. The Hall–Kier alpha value is -0.490. The van der Waals surface area contributed by atoms with E-state index < -0.39 is 29.9 Å². The molecule has 0 unspecified atom stereocenters. The number of carbonyl (C=O) groups excluding carboxylic acids is 1. The zero-order valence-electron chi connectivity index (χ0n) is 8.56. The summed E-state index contributed by atoms with van der Waals surface area (Å²) in [6, 6.07) is 0. The zero-order valence-corrected chi connectivity index (χ0v) is 8.56. The maximum atomic E-state index is 11.2. The van der Waals surface area contributed by atoms with Crippen LogP contribution in [0.15, 0.2) is 0 Å². The summed E-state index contributed by atoms with van der Waals surface area (Å²) in [6.45, 7) is 2.77. The molecule has 14 heavy (non-hydrogen) atoms. The molecule has 1 rings (SSSR count). The van der Waals surface area contributed by atoms with Crippen LogP contribution in [0.25, 0.3) is 0 Å². The Bertz CT molecular complexity index is 215. The predicted molar refractivity (Wildman–Crippen MR) is 47.6 cm³/mol. The van der Waals surface area contributed by atoms with Gasteiger partial charge < -0.3 is 19.7 Å². The van der Waals surface area contributed by atoms with Crippen LogP contribution in [0.1, 0.15) is 20.3 Å². The smallest absolute Gasteiger partial charge is 0.174 e. The zero-order chi connectivity index (χ0) is 10.9. The second-order valence-corrected chi connectivity index (χ2v) is 3.58. The first-order valence-electron chi connectivity index (χ1n) is 4.52. The van der Waals surface area contributed by atoms with Gasteiger partial charge in [-0.1, -0.05) is 0 Å². The number of carbonyl (C=O) groups is 1. The summed E-state index contributed by atoms with van der Waals surface area (Å²) in [7, 11) is 1.45. The Balaban J connectivity index is 2.84. The lowest BCUT2D eigenvalue weighted by molar-refractivity contribution is -0.266. The second kappa shape index (κ2) is 3.94. The monoisotopic (exact) mass is 204 g/mol. The fraction of sp³-hybridized carbons (Fsp3) is 0.889. The number of rotatable bonds is 2. The van der Waals surface area contributed by atoms with Crippen molar-refractivity contribution in [2.45, 2.75) is 44.4 Å². The molecule has 0 aliphatic carbocycles. The molecule has 4 atom stereocenters. The molecule has 0 spiro atoms. The molecule has 1 fully saturated rings. The molecule has 82 valence electrons. The van der Waals surface area contributed by atoms with E-state index in [1.54, 1.807) is 0 Å². The van der Waals surface area contributed by atoms with Gasteiger partial charge in [-0.2, -0.15) is 0 Å². The molecule has 2 N–H and O–H groups in total. The minimum Gasteiger partial charge on any atom is -0.389 e. The lowest BCUT2D eigenvalue weighted by Crippen LogP contribution is -2.62. The normalized spacial score (nSPS) is 43.6. The maximum Gasteiger partial charge on any atom is 0.174 e. The average Bonchev–Trinajstić information content (AvgIpc) is 2.12. The summed E-state index contributed by atoms with van der Waals surface area (Å²) >= 11 is 0. The van der Waals surface area contributed by atoms with Gasteiger partial charge in [-0.3, -0.25) is 4.79 Å². The van der Waals surface area contributed by atoms with Crippen molar-refractivity contribution < 1.29 is 24.5 Å². The summed E-state index contributed by atoms with van der Waals surface area (Å²) < 4.78 is 10.1. The van der Waals surface area contributed by atoms with Gasteiger partial charge in [0.1, 0.15) is 0 Å². The van der Waals surface area contributed by atoms with Crippen molar-refractivity contribution in [1.82, 2.24) is 0 Å². The van der Waals surface area contributed by atoms with Gasteiger partial charge in [-0.05, 0) is 13.8 Å². The number of aliphatic hydroxyl groups is 2. The Morgan fingerprint density at radius 1 is 1.64 bits per heavy atom. The quantitative estimate of drug-likeness (QED) is 0.631. The Morgan fingerprint density at radius 2 is 2.21 bits per heavy atom. The van der Waals surface area contributed by atoms with Crippen LogP contribution >= 0.6 is 0 Å². The van der Waals surface area contributed by atoms with Crippen LogP contribution in [0.5, 0.6) is 0 Å². The molecule has 0 radical (unpaired) electrons. The number of methoxy groups -OCH3 is 1. The third-order valence-corrected chi connectivity index (χ3v) is 2.73. The van der Waals surface area contributed by atoms with Crippen LogP contribution in [0.2, 0.25) is 0 Å². The highest BCUT2D eigenvalue weighted by Gasteiger charge is 2.51. The molecule has 1 aliphatic heterocycles. The minimum absolute atomic E-state index is 0.0942. The number of ketones is 1. The Kier molecular flexibility index (Phi) is 3.26. The molecule has 5 nitrogen and oxygen atoms in total. The van der Waals surface area contributed by atoms with Crippen LogP contribution < -0.4 is 0 Å². The molecule has 0 bridgehead atoms. The highest BCUT2D eigenvalue weighted by molar-refractivity contribution is 5.86. The SMILES string of the molecule is CO[C@H]1C[C@H](O)[C@@](O)(C(C)=O)[C@H](C)O1. The van der Waals surface area contributed by atoms with Crippen molar-refractivity contribution in [1.29, 1.82) is 0 Å². The van der Waals surface area contributed by atoms with Crippen molar-refractivity contribution >= 4 is 5.78 Å². The van der Waals surface area contributed by atoms with E-state index in [9.17, 15) is 15.0 Å². The van der Waals surface area contributed by atoms with Gasteiger partial charge in [0.2, 0.25) is 0 Å². The van der Waals surface area contributed by atoms with Gasteiger partial charge in [-0.25, -0.2) is 0 Å². The first-order chi connectivity index (χ1) is 6.42. The molecule has 0 aromatic heterocycles. The van der Waals surface area contributed by atoms with Crippen molar-refractivity contribution in [2.24, 2.45) is 0 Å². The highest BCUT2D eigenvalue weighted by atomic mass is 16.7. The standard InChI is InChI=1S/C9H16O5/c1-5(10)9(12)6(2)14-8(13-3)4-7(9)11/h6-8,11-12H,4H2,1-3H3/t6-,7-,8+,9+/m0/s1. The van der Waals surface area contributed by atoms with E-state index in [-0.39, 0.29) is 6.42 Å². The third kappa shape index (κ3) is 1.68. The minimum atomic E-state index is -1.81. The summed E-state index contributed by atoms with van der Waals surface area (Å²) in [5.41, 5.74) is -1.81. The van der Waals surface area contributed by atoms with Crippen LogP contribution in [0.4, 0.5) is 0 Å². The predicted octanol–water partition coefficient (Wildman–Crippen LogP) is -0.551. The van der Waals surface area contributed by atoms with E-state index in [4.69, 9.17) is 9.47 Å². The fourth-order valence-corrected chi connectivity index (χ4v) is 1.69. The van der Waals surface area contributed by atoms with Gasteiger partial charge >= 0.3 is 0 Å². The Morgan fingerprint density at radius 3 is 2.57 bits per heavy atom. The number of Topliss-reactive ketones (excluding diaryl/α,β-unsaturated/α-hetero) is 1. The van der Waals surface area contributed by atoms with E-state index in [1.165, 1.54) is 21.0 Å². The van der Waals surface area contributed by atoms with Crippen molar-refractivity contribution in [3.63, 3.8) is 0 Å². The topological polar surface area (TPSA) is 76.0 Å². The molecule has 1 aliphatic rings. The number of hydrogen-bond donors (Lipinski definition) is 2. The molecular weight excluding hydrogens is 188 g/mol. The van der Waals surface area contributed by atoms with Crippen LogP contribution in [0.3, 0.4) is 0 Å². The number of hydrogen-bond acceptors (Lipinski definition) is 5. The summed E-state index contributed by atoms with van der Waals surface area (Å²) in [6.07, 6.45) is -2.39. The summed E-state index contributed by atoms with van der Waals surface area (Å²) in [5, 5.41) is 19.6. The van der Waals surface area contributed by atoms with Crippen molar-refractivity contribution in [3.8, 4) is 0 Å². The highest BCUT2D eigenvalue weighted by Crippen LogP contribution is 2.30. The van der Waals surface area contributed by atoms with Crippen molar-refractivity contribution in [3.05, 3.63) is 0 Å². The lowest BCUT2D eigenvalue weighted by Gasteiger charge is -2.42. The van der Waals surface area contributed by atoms with Gasteiger partial charge in [0, 0.05) is 13.5 Å². The average molecular weight is 204 g/mol. The van der Waals surface area contributed by atoms with Gasteiger partial charge in [0.05, 0.1) is 12.2 Å². The number of aliphatic hydroxyl groups excluding tert-OH is 1. The molecule has 1 saturated heterocycles. The molecule has 0 aromatic rings. The molecule has 0 aromatic carbocycles. The van der Waals surface area contributed by atoms with E-state index in [1.807, 2.05) is 0 Å². The summed E-state index contributed by atoms with van der Waals surface area (Å²) in [5.74, 6) is -0.493. The first-order valence-corrected chi connectivity index (χ1v) is 4.52. The Labute approximate surface area is 82.6 Å². The van der Waals surface area contributed by atoms with Crippen LogP contribution in [-0.2, 0) is 14.3 Å². The molecular formula is C9H16O5. The van der Waals surface area contributed by atoms with Gasteiger partial charge in [-0.15, -0.1) is 0 Å². The molecule has 5 heteroatoms. The van der Waals surface area contributed by atoms with E-state index >= 15 is 0 Å². The maximum absolute atomic E-state index is 11.2. The van der Waals surface area contributed by atoms with Crippen LogP contribution in [0, 0.1) is 0 Å². The molecule has 0 saturated carbocycles. The van der Waals surface area contributed by atoms with E-state index in [2.05, 4.69) is 0 Å². The molecule has 1 heterocycles. The van der Waals surface area contributed by atoms with Crippen molar-refractivity contribution in [2.75, 3.05) is 7.11 Å². The number of ether oxygens (including phenoxy) is 2. The lowest BCUT2D eigenvalue weighted by atomic mass is 9.83. The van der Waals surface area contributed by atoms with E-state index in [0.717, 1.165) is 0 Å². The summed E-state index contributed by atoms with van der Waals surface area (Å²) in [4.78, 5) is 11.2. The van der Waals surface area contributed by atoms with Gasteiger partial charge in [0.25, 0.3) is 0 Å². The fourth-order valence-electron chi connectivity index (χ4n) is 1.69. The van der Waals surface area contributed by atoms with Crippen LogP contribution in [-0.4, -0.2) is 47.2 Å². The second-order valence-electron chi connectivity index (χ2n) is 3.58. The van der Waals surface area contributed by atoms with E-state index in [0.29, 0.717) is 0 Å². The van der Waals surface area contributed by atoms with Gasteiger partial charge in [0.15, 0.2) is 17.7 Å². The molecule has 0 amide bonds. The first kappa shape index (κ1) is 11.6.